The molecule has 2 aliphatic rings. The van der Waals surface area contributed by atoms with E-state index in [0.29, 0.717) is 38.7 Å². The van der Waals surface area contributed by atoms with Crippen molar-refractivity contribution in [1.29, 1.82) is 0 Å². The molecule has 126 valence electrons. The topological polar surface area (TPSA) is 58.9 Å². The average molecular weight is 345 g/mol. The Morgan fingerprint density at radius 1 is 1.22 bits per heavy atom. The number of sulfone groups is 1. The van der Waals surface area contributed by atoms with Gasteiger partial charge in [-0.15, -0.1) is 0 Å². The van der Waals surface area contributed by atoms with Crippen molar-refractivity contribution in [3.63, 3.8) is 0 Å². The van der Waals surface area contributed by atoms with Crippen LogP contribution in [-0.4, -0.2) is 63.0 Å². The Bertz CT molecular complexity index is 715. The number of piperazine rings is 1. The maximum atomic E-state index is 13.7. The summed E-state index contributed by atoms with van der Waals surface area (Å²) in [7, 11) is -2.91. The van der Waals surface area contributed by atoms with Crippen molar-refractivity contribution in [3.8, 4) is 0 Å². The van der Waals surface area contributed by atoms with Crippen LogP contribution in [0.2, 0.25) is 0 Å². The van der Waals surface area contributed by atoms with Crippen molar-refractivity contribution in [1.82, 2.24) is 4.90 Å². The lowest BCUT2D eigenvalue weighted by molar-refractivity contribution is -0.925. The molecule has 0 spiro atoms. The van der Waals surface area contributed by atoms with Gasteiger partial charge < -0.3 is 9.80 Å². The standard InChI is InChI=1S/C15H18F2N2O3S/c16-11-1-2-13(14(17)9-11)15(20)19-6-4-18(5-7-19)12-3-8-23(21,22)10-12/h1-2,9,12H,3-8,10H2/p+1/t12-/m0/s1. The molecule has 1 atom stereocenters. The van der Waals surface area contributed by atoms with Gasteiger partial charge in [-0.05, 0) is 12.1 Å². The minimum atomic E-state index is -2.91. The van der Waals surface area contributed by atoms with Crippen LogP contribution in [0, 0.1) is 11.6 Å². The number of hydrogen-bond donors (Lipinski definition) is 1. The van der Waals surface area contributed by atoms with Crippen molar-refractivity contribution in [2.45, 2.75) is 12.5 Å². The lowest BCUT2D eigenvalue weighted by Gasteiger charge is -2.35. The van der Waals surface area contributed by atoms with Crippen molar-refractivity contribution < 1.29 is 26.9 Å². The number of carbonyl (C=O) groups excluding carboxylic acids is 1. The highest BCUT2D eigenvalue weighted by Gasteiger charge is 2.37. The molecule has 2 saturated heterocycles. The Morgan fingerprint density at radius 2 is 1.91 bits per heavy atom. The van der Waals surface area contributed by atoms with Gasteiger partial charge in [-0.3, -0.25) is 4.79 Å². The normalized spacial score (nSPS) is 24.8. The van der Waals surface area contributed by atoms with Crippen molar-refractivity contribution in [3.05, 3.63) is 35.4 Å². The maximum Gasteiger partial charge on any atom is 0.257 e. The van der Waals surface area contributed by atoms with Gasteiger partial charge in [0.25, 0.3) is 5.91 Å². The summed E-state index contributed by atoms with van der Waals surface area (Å²) in [4.78, 5) is 15.1. The first-order valence-electron chi connectivity index (χ1n) is 7.65. The van der Waals surface area contributed by atoms with E-state index in [4.69, 9.17) is 0 Å². The highest BCUT2D eigenvalue weighted by molar-refractivity contribution is 7.91. The van der Waals surface area contributed by atoms with E-state index in [0.717, 1.165) is 12.1 Å². The van der Waals surface area contributed by atoms with E-state index in [1.807, 2.05) is 0 Å². The molecule has 8 heteroatoms. The van der Waals surface area contributed by atoms with Gasteiger partial charge in [0.05, 0.1) is 37.5 Å². The summed E-state index contributed by atoms with van der Waals surface area (Å²) in [6, 6.07) is 3.04. The molecule has 2 heterocycles. The molecule has 1 amide bonds. The molecule has 2 aliphatic heterocycles. The van der Waals surface area contributed by atoms with Gasteiger partial charge in [-0.2, -0.15) is 0 Å². The van der Waals surface area contributed by atoms with Crippen LogP contribution in [0.3, 0.4) is 0 Å². The first-order valence-corrected chi connectivity index (χ1v) is 9.47. The highest BCUT2D eigenvalue weighted by Crippen LogP contribution is 2.13. The van der Waals surface area contributed by atoms with Gasteiger partial charge in [0, 0.05) is 12.5 Å². The van der Waals surface area contributed by atoms with Gasteiger partial charge in [0.15, 0.2) is 9.84 Å². The van der Waals surface area contributed by atoms with Crippen LogP contribution in [0.15, 0.2) is 18.2 Å². The summed E-state index contributed by atoms with van der Waals surface area (Å²) >= 11 is 0. The number of amides is 1. The summed E-state index contributed by atoms with van der Waals surface area (Å²) in [6.45, 7) is 2.19. The molecular weight excluding hydrogens is 326 g/mol. The number of carbonyl (C=O) groups is 1. The summed E-state index contributed by atoms with van der Waals surface area (Å²) in [6.07, 6.45) is 0.665. The fourth-order valence-electron chi connectivity index (χ4n) is 3.36. The Labute approximate surface area is 133 Å². The minimum absolute atomic E-state index is 0.0970. The van der Waals surface area contributed by atoms with E-state index in [-0.39, 0.29) is 23.1 Å². The van der Waals surface area contributed by atoms with Crippen LogP contribution >= 0.6 is 0 Å². The summed E-state index contributed by atoms with van der Waals surface area (Å²) in [5.74, 6) is -1.56. The molecular formula is C15H19F2N2O3S+. The molecule has 0 radical (unpaired) electrons. The predicted octanol–water partition coefficient (Wildman–Crippen LogP) is -0.507. The van der Waals surface area contributed by atoms with Crippen LogP contribution in [-0.2, 0) is 9.84 Å². The molecule has 0 unspecified atom stereocenters. The fraction of sp³-hybridized carbons (Fsp3) is 0.533. The van der Waals surface area contributed by atoms with Crippen LogP contribution in [0.1, 0.15) is 16.8 Å². The molecule has 0 bridgehead atoms. The number of hydrogen-bond acceptors (Lipinski definition) is 3. The molecule has 0 aliphatic carbocycles. The lowest BCUT2D eigenvalue weighted by atomic mass is 10.1. The van der Waals surface area contributed by atoms with Crippen LogP contribution in [0.4, 0.5) is 8.78 Å². The van der Waals surface area contributed by atoms with Gasteiger partial charge in [0.1, 0.15) is 23.4 Å². The molecule has 1 aromatic carbocycles. The average Bonchev–Trinajstić information content (AvgIpc) is 2.87. The second-order valence-electron chi connectivity index (χ2n) is 6.17. The first-order chi connectivity index (χ1) is 10.9. The van der Waals surface area contributed by atoms with Crippen LogP contribution in [0.25, 0.3) is 0 Å². The molecule has 0 saturated carbocycles. The number of quaternary nitrogens is 1. The minimum Gasteiger partial charge on any atom is -0.329 e. The third kappa shape index (κ3) is 3.53. The van der Waals surface area contributed by atoms with E-state index >= 15 is 0 Å². The quantitative estimate of drug-likeness (QED) is 0.786. The Kier molecular flexibility index (Phi) is 4.37. The van der Waals surface area contributed by atoms with E-state index in [1.54, 1.807) is 4.90 Å². The summed E-state index contributed by atoms with van der Waals surface area (Å²) < 4.78 is 49.7. The van der Waals surface area contributed by atoms with E-state index in [9.17, 15) is 22.0 Å². The van der Waals surface area contributed by atoms with E-state index < -0.39 is 27.4 Å². The van der Waals surface area contributed by atoms with Crippen LogP contribution < -0.4 is 4.90 Å². The fourth-order valence-corrected chi connectivity index (χ4v) is 5.18. The number of benzene rings is 1. The Hall–Kier alpha value is -1.54. The smallest absolute Gasteiger partial charge is 0.257 e. The number of rotatable bonds is 2. The summed E-state index contributed by atoms with van der Waals surface area (Å²) in [5, 5.41) is 0. The second kappa shape index (κ2) is 6.16. The third-order valence-corrected chi connectivity index (χ3v) is 6.43. The SMILES string of the molecule is O=C(c1ccc(F)cc1F)N1CC[NH+]([C@H]2CCS(=O)(=O)C2)CC1. The van der Waals surface area contributed by atoms with Gasteiger partial charge in [-0.25, -0.2) is 17.2 Å². The van der Waals surface area contributed by atoms with Crippen molar-refractivity contribution in [2.75, 3.05) is 37.7 Å². The van der Waals surface area contributed by atoms with E-state index in [1.165, 1.54) is 4.90 Å². The molecule has 5 nitrogen and oxygen atoms in total. The first kappa shape index (κ1) is 16.3. The zero-order valence-electron chi connectivity index (χ0n) is 12.6. The van der Waals surface area contributed by atoms with Crippen molar-refractivity contribution >= 4 is 15.7 Å². The van der Waals surface area contributed by atoms with Gasteiger partial charge >= 0.3 is 0 Å². The third-order valence-electron chi connectivity index (χ3n) is 4.66. The zero-order chi connectivity index (χ0) is 16.6. The van der Waals surface area contributed by atoms with Crippen molar-refractivity contribution in [2.24, 2.45) is 0 Å². The zero-order valence-corrected chi connectivity index (χ0v) is 13.4. The van der Waals surface area contributed by atoms with Gasteiger partial charge in [0.2, 0.25) is 0 Å². The number of halogens is 2. The van der Waals surface area contributed by atoms with Gasteiger partial charge in [-0.1, -0.05) is 0 Å². The largest absolute Gasteiger partial charge is 0.329 e. The number of nitrogens with zero attached hydrogens (tertiary/aromatic N) is 1. The molecule has 1 aromatic rings. The highest BCUT2D eigenvalue weighted by atomic mass is 32.2. The summed E-state index contributed by atoms with van der Waals surface area (Å²) in [5.41, 5.74) is -0.127. The van der Waals surface area contributed by atoms with E-state index in [2.05, 4.69) is 0 Å². The molecule has 3 rings (SSSR count). The van der Waals surface area contributed by atoms with Crippen LogP contribution in [0.5, 0.6) is 0 Å². The molecule has 23 heavy (non-hydrogen) atoms. The number of nitrogens with one attached hydrogen (secondary N) is 1. The molecule has 1 N–H and O–H groups in total. The molecule has 0 aromatic heterocycles. The Morgan fingerprint density at radius 3 is 2.48 bits per heavy atom. The lowest BCUT2D eigenvalue weighted by Crippen LogP contribution is -3.18. The maximum absolute atomic E-state index is 13.7. The second-order valence-corrected chi connectivity index (χ2v) is 8.40. The predicted molar refractivity (Wildman–Crippen MR) is 80.0 cm³/mol. The Balaban J connectivity index is 1.61. The molecule has 2 fully saturated rings. The monoisotopic (exact) mass is 345 g/mol.